The van der Waals surface area contributed by atoms with E-state index in [9.17, 15) is 4.79 Å². The molecule has 0 spiro atoms. The van der Waals surface area contributed by atoms with Crippen LogP contribution in [-0.2, 0) is 6.54 Å². The zero-order valence-corrected chi connectivity index (χ0v) is 11.8. The third-order valence-corrected chi connectivity index (χ3v) is 3.75. The first-order valence-electron chi connectivity index (χ1n) is 7.39. The Hall–Kier alpha value is -1.51. The van der Waals surface area contributed by atoms with Gasteiger partial charge in [-0.05, 0) is 25.3 Å². The van der Waals surface area contributed by atoms with Crippen molar-refractivity contribution < 1.29 is 4.79 Å². The van der Waals surface area contributed by atoms with Crippen LogP contribution in [-0.4, -0.2) is 35.5 Å². The molecule has 1 saturated heterocycles. The van der Waals surface area contributed by atoms with E-state index in [2.05, 4.69) is 19.1 Å². The zero-order valence-electron chi connectivity index (χ0n) is 11.8. The summed E-state index contributed by atoms with van der Waals surface area (Å²) in [6, 6.07) is 10.4. The summed E-state index contributed by atoms with van der Waals surface area (Å²) in [4.78, 5) is 16.5. The van der Waals surface area contributed by atoms with Crippen molar-refractivity contribution >= 4 is 6.03 Å². The van der Waals surface area contributed by atoms with Crippen molar-refractivity contribution in [3.05, 3.63) is 35.9 Å². The molecule has 1 aliphatic heterocycles. The van der Waals surface area contributed by atoms with Crippen LogP contribution in [0.5, 0.6) is 0 Å². The summed E-state index contributed by atoms with van der Waals surface area (Å²) in [6.07, 6.45) is 4.81. The van der Waals surface area contributed by atoms with Gasteiger partial charge in [-0.2, -0.15) is 0 Å². The van der Waals surface area contributed by atoms with Gasteiger partial charge in [-0.25, -0.2) is 4.79 Å². The topological polar surface area (TPSA) is 23.6 Å². The normalized spacial score (nSPS) is 15.9. The molecule has 0 atom stereocenters. The maximum absolute atomic E-state index is 12.5. The fourth-order valence-corrected chi connectivity index (χ4v) is 2.58. The largest absolute Gasteiger partial charge is 0.325 e. The average molecular weight is 260 g/mol. The van der Waals surface area contributed by atoms with Gasteiger partial charge in [-0.15, -0.1) is 0 Å². The zero-order chi connectivity index (χ0) is 13.5. The quantitative estimate of drug-likeness (QED) is 0.816. The van der Waals surface area contributed by atoms with E-state index in [-0.39, 0.29) is 6.03 Å². The lowest BCUT2D eigenvalue weighted by atomic mass is 10.2. The molecule has 1 aromatic carbocycles. The van der Waals surface area contributed by atoms with Crippen LogP contribution in [0.2, 0.25) is 0 Å². The van der Waals surface area contributed by atoms with E-state index in [0.29, 0.717) is 6.54 Å². The maximum atomic E-state index is 12.5. The third-order valence-electron chi connectivity index (χ3n) is 3.75. The van der Waals surface area contributed by atoms with Crippen LogP contribution < -0.4 is 0 Å². The number of hydrogen-bond acceptors (Lipinski definition) is 1. The number of carbonyl (C=O) groups excluding carboxylic acids is 1. The van der Waals surface area contributed by atoms with Gasteiger partial charge in [0.15, 0.2) is 0 Å². The molecular weight excluding hydrogens is 236 g/mol. The second kappa shape index (κ2) is 7.17. The maximum Gasteiger partial charge on any atom is 0.320 e. The van der Waals surface area contributed by atoms with Gasteiger partial charge in [-0.3, -0.25) is 0 Å². The van der Waals surface area contributed by atoms with Crippen molar-refractivity contribution in [2.24, 2.45) is 0 Å². The average Bonchev–Trinajstić information content (AvgIpc) is 2.74. The lowest BCUT2D eigenvalue weighted by Gasteiger charge is -2.29. The van der Waals surface area contributed by atoms with E-state index in [1.165, 1.54) is 18.4 Å². The SMILES string of the molecule is CCN(Cc1ccccc1)C(=O)N1CCCCCC1. The predicted octanol–water partition coefficient (Wildman–Crippen LogP) is 3.50. The molecule has 0 unspecified atom stereocenters. The summed E-state index contributed by atoms with van der Waals surface area (Å²) in [5.41, 5.74) is 1.20. The van der Waals surface area contributed by atoms with E-state index in [1.54, 1.807) is 0 Å². The van der Waals surface area contributed by atoms with Crippen LogP contribution in [0.25, 0.3) is 0 Å². The van der Waals surface area contributed by atoms with Crippen LogP contribution in [0.4, 0.5) is 4.79 Å². The van der Waals surface area contributed by atoms with E-state index < -0.39 is 0 Å². The van der Waals surface area contributed by atoms with E-state index in [0.717, 1.165) is 32.5 Å². The highest BCUT2D eigenvalue weighted by Gasteiger charge is 2.20. The molecule has 2 rings (SSSR count). The standard InChI is InChI=1S/C16H24N2O/c1-2-17(14-15-10-6-5-7-11-15)16(19)18-12-8-3-4-9-13-18/h5-7,10-11H,2-4,8-9,12-14H2,1H3. The highest BCUT2D eigenvalue weighted by Crippen LogP contribution is 2.13. The third kappa shape index (κ3) is 3.98. The van der Waals surface area contributed by atoms with Crippen molar-refractivity contribution in [2.75, 3.05) is 19.6 Å². The van der Waals surface area contributed by atoms with Crippen molar-refractivity contribution in [3.8, 4) is 0 Å². The van der Waals surface area contributed by atoms with Crippen LogP contribution in [0.1, 0.15) is 38.2 Å². The molecule has 0 aliphatic carbocycles. The summed E-state index contributed by atoms with van der Waals surface area (Å²) >= 11 is 0. The highest BCUT2D eigenvalue weighted by molar-refractivity contribution is 5.74. The Labute approximate surface area is 116 Å². The van der Waals surface area contributed by atoms with Gasteiger partial charge in [0.05, 0.1) is 0 Å². The molecule has 1 aliphatic rings. The molecule has 2 amide bonds. The van der Waals surface area contributed by atoms with Crippen LogP contribution >= 0.6 is 0 Å². The molecule has 0 aromatic heterocycles. The van der Waals surface area contributed by atoms with Gasteiger partial charge < -0.3 is 9.80 Å². The van der Waals surface area contributed by atoms with Crippen molar-refractivity contribution in [1.29, 1.82) is 0 Å². The van der Waals surface area contributed by atoms with Gasteiger partial charge >= 0.3 is 6.03 Å². The number of likely N-dealkylation sites (tertiary alicyclic amines) is 1. The van der Waals surface area contributed by atoms with E-state index in [4.69, 9.17) is 0 Å². The van der Waals surface area contributed by atoms with Crippen molar-refractivity contribution in [2.45, 2.75) is 39.2 Å². The fraction of sp³-hybridized carbons (Fsp3) is 0.562. The summed E-state index contributed by atoms with van der Waals surface area (Å²) in [5.74, 6) is 0. The number of amides is 2. The first-order chi connectivity index (χ1) is 9.31. The minimum Gasteiger partial charge on any atom is -0.325 e. The molecule has 19 heavy (non-hydrogen) atoms. The van der Waals surface area contributed by atoms with Crippen LogP contribution in [0.3, 0.4) is 0 Å². The predicted molar refractivity (Wildman–Crippen MR) is 78.0 cm³/mol. The molecule has 3 heteroatoms. The first-order valence-corrected chi connectivity index (χ1v) is 7.39. The number of hydrogen-bond donors (Lipinski definition) is 0. The van der Waals surface area contributed by atoms with E-state index >= 15 is 0 Å². The minimum absolute atomic E-state index is 0.202. The summed E-state index contributed by atoms with van der Waals surface area (Å²) in [5, 5.41) is 0. The molecule has 3 nitrogen and oxygen atoms in total. The second-order valence-corrected chi connectivity index (χ2v) is 5.18. The van der Waals surface area contributed by atoms with Gasteiger partial charge in [0.25, 0.3) is 0 Å². The van der Waals surface area contributed by atoms with Gasteiger partial charge in [0, 0.05) is 26.2 Å². The molecule has 0 saturated carbocycles. The summed E-state index contributed by atoms with van der Waals surface area (Å²) in [6.45, 7) is 5.38. The smallest absolute Gasteiger partial charge is 0.320 e. The Morgan fingerprint density at radius 3 is 2.32 bits per heavy atom. The summed E-state index contributed by atoms with van der Waals surface area (Å²) in [7, 11) is 0. The minimum atomic E-state index is 0.202. The van der Waals surface area contributed by atoms with Crippen molar-refractivity contribution in [3.63, 3.8) is 0 Å². The second-order valence-electron chi connectivity index (χ2n) is 5.18. The number of rotatable bonds is 3. The van der Waals surface area contributed by atoms with Gasteiger partial charge in [0.2, 0.25) is 0 Å². The molecule has 1 heterocycles. The Morgan fingerprint density at radius 2 is 1.74 bits per heavy atom. The number of benzene rings is 1. The van der Waals surface area contributed by atoms with Crippen LogP contribution in [0, 0.1) is 0 Å². The van der Waals surface area contributed by atoms with Crippen LogP contribution in [0.15, 0.2) is 30.3 Å². The van der Waals surface area contributed by atoms with Gasteiger partial charge in [-0.1, -0.05) is 43.2 Å². The number of nitrogens with zero attached hydrogens (tertiary/aromatic N) is 2. The van der Waals surface area contributed by atoms with Gasteiger partial charge in [0.1, 0.15) is 0 Å². The monoisotopic (exact) mass is 260 g/mol. The molecular formula is C16H24N2O. The molecule has 104 valence electrons. The number of urea groups is 1. The molecule has 0 bridgehead atoms. The first kappa shape index (κ1) is 13.9. The molecule has 1 aromatic rings. The lowest BCUT2D eigenvalue weighted by Crippen LogP contribution is -2.43. The Morgan fingerprint density at radius 1 is 1.11 bits per heavy atom. The fourth-order valence-electron chi connectivity index (χ4n) is 2.58. The Balaban J connectivity index is 1.98. The molecule has 0 radical (unpaired) electrons. The lowest BCUT2D eigenvalue weighted by molar-refractivity contribution is 0.154. The van der Waals surface area contributed by atoms with E-state index in [1.807, 2.05) is 28.0 Å². The Bertz CT molecular complexity index is 383. The summed E-state index contributed by atoms with van der Waals surface area (Å²) < 4.78 is 0. The highest BCUT2D eigenvalue weighted by atomic mass is 16.2. The molecule has 1 fully saturated rings. The van der Waals surface area contributed by atoms with Crippen molar-refractivity contribution in [1.82, 2.24) is 9.80 Å². The number of carbonyl (C=O) groups is 1. The Kier molecular flexibility index (Phi) is 5.25. The molecule has 0 N–H and O–H groups in total.